The highest BCUT2D eigenvalue weighted by atomic mass is 15.2. The van der Waals surface area contributed by atoms with Crippen molar-refractivity contribution in [3.8, 4) is 0 Å². The van der Waals surface area contributed by atoms with E-state index in [1.807, 2.05) is 6.92 Å². The maximum Gasteiger partial charge on any atom is 0.134 e. The lowest BCUT2D eigenvalue weighted by Gasteiger charge is -2.22. The van der Waals surface area contributed by atoms with Crippen LogP contribution in [0.1, 0.15) is 57.7 Å². The van der Waals surface area contributed by atoms with Crippen molar-refractivity contribution in [3.05, 3.63) is 11.9 Å². The first-order valence-corrected chi connectivity index (χ1v) is 8.14. The minimum Gasteiger partial charge on any atom is -0.370 e. The molecule has 1 aliphatic rings. The maximum atomic E-state index is 4.62. The highest BCUT2D eigenvalue weighted by Gasteiger charge is 2.12. The third-order valence-corrected chi connectivity index (χ3v) is 3.84. The normalized spacial score (nSPS) is 16.0. The number of anilines is 2. The summed E-state index contributed by atoms with van der Waals surface area (Å²) in [6, 6.07) is 2.12. The van der Waals surface area contributed by atoms with Crippen molar-refractivity contribution in [3.63, 3.8) is 0 Å². The Morgan fingerprint density at radius 2 is 1.85 bits per heavy atom. The molecule has 0 saturated carbocycles. The zero-order valence-electron chi connectivity index (χ0n) is 13.0. The molecule has 112 valence electrons. The Morgan fingerprint density at radius 3 is 2.55 bits per heavy atom. The average Bonchev–Trinajstić information content (AvgIpc) is 2.72. The number of aryl methyl sites for hydroxylation is 1. The zero-order chi connectivity index (χ0) is 14.2. The first-order valence-electron chi connectivity index (χ1n) is 8.14. The molecule has 0 radical (unpaired) electrons. The van der Waals surface area contributed by atoms with Gasteiger partial charge in [-0.1, -0.05) is 32.6 Å². The Morgan fingerprint density at radius 1 is 1.10 bits per heavy atom. The third kappa shape index (κ3) is 4.66. The molecule has 20 heavy (non-hydrogen) atoms. The first kappa shape index (κ1) is 15.1. The number of rotatable bonds is 6. The van der Waals surface area contributed by atoms with Gasteiger partial charge in [0.15, 0.2) is 0 Å². The number of hydrogen-bond donors (Lipinski definition) is 1. The van der Waals surface area contributed by atoms with Gasteiger partial charge in [0.25, 0.3) is 0 Å². The van der Waals surface area contributed by atoms with Crippen LogP contribution in [0.3, 0.4) is 0 Å². The van der Waals surface area contributed by atoms with E-state index < -0.39 is 0 Å². The second kappa shape index (κ2) is 8.08. The quantitative estimate of drug-likeness (QED) is 0.803. The van der Waals surface area contributed by atoms with Crippen LogP contribution >= 0.6 is 0 Å². The predicted molar refractivity (Wildman–Crippen MR) is 85.5 cm³/mol. The molecule has 0 aromatic carbocycles. The van der Waals surface area contributed by atoms with Crippen LogP contribution in [0.5, 0.6) is 0 Å². The van der Waals surface area contributed by atoms with Gasteiger partial charge in [-0.2, -0.15) is 0 Å². The standard InChI is InChI=1S/C16H28N4/c1-3-4-7-10-17-15-13-16(19-14(2)18-15)20-11-8-5-6-9-12-20/h13H,3-12H2,1-2H3,(H,17,18,19). The Balaban J connectivity index is 1.99. The van der Waals surface area contributed by atoms with E-state index in [4.69, 9.17) is 0 Å². The highest BCUT2D eigenvalue weighted by molar-refractivity contribution is 5.49. The molecule has 0 spiro atoms. The Labute approximate surface area is 123 Å². The van der Waals surface area contributed by atoms with Gasteiger partial charge in [0.2, 0.25) is 0 Å². The SMILES string of the molecule is CCCCCNc1cc(N2CCCCCC2)nc(C)n1. The average molecular weight is 276 g/mol. The van der Waals surface area contributed by atoms with Crippen LogP contribution in [0.2, 0.25) is 0 Å². The molecule has 1 aromatic heterocycles. The fourth-order valence-corrected chi connectivity index (χ4v) is 2.70. The van der Waals surface area contributed by atoms with E-state index in [1.54, 1.807) is 0 Å². The van der Waals surface area contributed by atoms with Crippen LogP contribution in [0.4, 0.5) is 11.6 Å². The number of unbranched alkanes of at least 4 members (excludes halogenated alkanes) is 2. The summed E-state index contributed by atoms with van der Waals surface area (Å²) in [6.45, 7) is 7.48. The number of nitrogens with one attached hydrogen (secondary N) is 1. The minimum absolute atomic E-state index is 0.865. The molecule has 0 aliphatic carbocycles. The number of aromatic nitrogens is 2. The summed E-state index contributed by atoms with van der Waals surface area (Å²) < 4.78 is 0. The summed E-state index contributed by atoms with van der Waals surface area (Å²) in [5, 5.41) is 3.44. The van der Waals surface area contributed by atoms with E-state index in [1.165, 1.54) is 44.9 Å². The molecule has 1 saturated heterocycles. The summed E-state index contributed by atoms with van der Waals surface area (Å²) in [6.07, 6.45) is 8.99. The lowest BCUT2D eigenvalue weighted by Crippen LogP contribution is -2.25. The Hall–Kier alpha value is -1.32. The summed E-state index contributed by atoms with van der Waals surface area (Å²) in [5.41, 5.74) is 0. The first-order chi connectivity index (χ1) is 9.79. The summed E-state index contributed by atoms with van der Waals surface area (Å²) in [7, 11) is 0. The fourth-order valence-electron chi connectivity index (χ4n) is 2.70. The van der Waals surface area contributed by atoms with Gasteiger partial charge in [0.1, 0.15) is 17.5 Å². The maximum absolute atomic E-state index is 4.62. The minimum atomic E-state index is 0.865. The van der Waals surface area contributed by atoms with Gasteiger partial charge in [-0.25, -0.2) is 9.97 Å². The van der Waals surface area contributed by atoms with E-state index >= 15 is 0 Å². The molecule has 1 aromatic rings. The van der Waals surface area contributed by atoms with E-state index in [9.17, 15) is 0 Å². The van der Waals surface area contributed by atoms with Gasteiger partial charge in [0.05, 0.1) is 0 Å². The van der Waals surface area contributed by atoms with Crippen LogP contribution in [0.25, 0.3) is 0 Å². The van der Waals surface area contributed by atoms with E-state index in [0.29, 0.717) is 0 Å². The van der Waals surface area contributed by atoms with Crippen molar-refractivity contribution in [2.24, 2.45) is 0 Å². The van der Waals surface area contributed by atoms with Crippen LogP contribution in [0.15, 0.2) is 6.07 Å². The van der Waals surface area contributed by atoms with Crippen LogP contribution in [0, 0.1) is 6.92 Å². The molecular weight excluding hydrogens is 248 g/mol. The van der Waals surface area contributed by atoms with Gasteiger partial charge >= 0.3 is 0 Å². The molecule has 0 bridgehead atoms. The molecule has 2 heterocycles. The molecule has 1 N–H and O–H groups in total. The summed E-state index contributed by atoms with van der Waals surface area (Å²) >= 11 is 0. The van der Waals surface area contributed by atoms with Crippen molar-refractivity contribution < 1.29 is 0 Å². The zero-order valence-corrected chi connectivity index (χ0v) is 13.0. The van der Waals surface area contributed by atoms with E-state index in [-0.39, 0.29) is 0 Å². The number of nitrogens with zero attached hydrogens (tertiary/aromatic N) is 3. The fraction of sp³-hybridized carbons (Fsp3) is 0.750. The van der Waals surface area contributed by atoms with Gasteiger partial charge in [-0.05, 0) is 26.2 Å². The van der Waals surface area contributed by atoms with Crippen molar-refractivity contribution in [2.45, 2.75) is 58.8 Å². The lowest BCUT2D eigenvalue weighted by molar-refractivity contribution is 0.726. The second-order valence-electron chi connectivity index (χ2n) is 5.69. The van der Waals surface area contributed by atoms with Crippen molar-refractivity contribution in [2.75, 3.05) is 29.9 Å². The Kier molecular flexibility index (Phi) is 6.09. The summed E-state index contributed by atoms with van der Waals surface area (Å²) in [4.78, 5) is 11.5. The van der Waals surface area contributed by atoms with Crippen LogP contribution in [-0.2, 0) is 0 Å². The van der Waals surface area contributed by atoms with E-state index in [0.717, 1.165) is 37.1 Å². The van der Waals surface area contributed by atoms with Gasteiger partial charge in [-0.15, -0.1) is 0 Å². The third-order valence-electron chi connectivity index (χ3n) is 3.84. The predicted octanol–water partition coefficient (Wildman–Crippen LogP) is 3.77. The molecule has 4 heteroatoms. The van der Waals surface area contributed by atoms with Crippen LogP contribution in [-0.4, -0.2) is 29.6 Å². The van der Waals surface area contributed by atoms with Gasteiger partial charge in [0, 0.05) is 25.7 Å². The molecule has 2 rings (SSSR count). The Bertz CT molecular complexity index is 397. The highest BCUT2D eigenvalue weighted by Crippen LogP contribution is 2.20. The van der Waals surface area contributed by atoms with E-state index in [2.05, 4.69) is 33.2 Å². The van der Waals surface area contributed by atoms with Gasteiger partial charge in [-0.3, -0.25) is 0 Å². The molecule has 0 atom stereocenters. The summed E-state index contributed by atoms with van der Waals surface area (Å²) in [5.74, 6) is 2.94. The smallest absolute Gasteiger partial charge is 0.134 e. The number of hydrogen-bond acceptors (Lipinski definition) is 4. The van der Waals surface area contributed by atoms with Crippen molar-refractivity contribution in [1.82, 2.24) is 9.97 Å². The van der Waals surface area contributed by atoms with Crippen molar-refractivity contribution in [1.29, 1.82) is 0 Å². The molecule has 1 fully saturated rings. The lowest BCUT2D eigenvalue weighted by atomic mass is 10.2. The molecule has 0 unspecified atom stereocenters. The molecule has 1 aliphatic heterocycles. The topological polar surface area (TPSA) is 41.0 Å². The monoisotopic (exact) mass is 276 g/mol. The van der Waals surface area contributed by atoms with Crippen molar-refractivity contribution >= 4 is 11.6 Å². The second-order valence-corrected chi connectivity index (χ2v) is 5.69. The largest absolute Gasteiger partial charge is 0.370 e. The van der Waals surface area contributed by atoms with Gasteiger partial charge < -0.3 is 10.2 Å². The molecular formula is C16H28N4. The molecule has 4 nitrogen and oxygen atoms in total. The molecule has 0 amide bonds. The van der Waals surface area contributed by atoms with Crippen LogP contribution < -0.4 is 10.2 Å².